The molecule has 174 valence electrons. The van der Waals surface area contributed by atoms with Gasteiger partial charge in [0.25, 0.3) is 5.91 Å². The first-order chi connectivity index (χ1) is 14.9. The first kappa shape index (κ1) is 23.6. The Kier molecular flexibility index (Phi) is 6.80. The standard InChI is InChI=1S/C22H27F3N4O3/c1-21(2,3)32-20(31)26-14-17-6-4-5-12-28(17)19(30)15-7-9-16(10-8-15)29-13-11-18(27-29)22(23,24)25/h7-11,13,17H,4-6,12,14H2,1-3H3,(H,26,31). The van der Waals surface area contributed by atoms with Crippen LogP contribution in [-0.4, -0.2) is 51.4 Å². The number of aromatic nitrogens is 2. The lowest BCUT2D eigenvalue weighted by atomic mass is 10.0. The number of piperidine rings is 1. The molecule has 1 N–H and O–H groups in total. The second kappa shape index (κ2) is 9.22. The van der Waals surface area contributed by atoms with Gasteiger partial charge in [-0.25, -0.2) is 9.48 Å². The highest BCUT2D eigenvalue weighted by molar-refractivity contribution is 5.94. The Morgan fingerprint density at radius 1 is 1.12 bits per heavy atom. The molecule has 0 aliphatic carbocycles. The molecule has 1 aliphatic rings. The number of alkyl carbamates (subject to hydrolysis) is 1. The van der Waals surface area contributed by atoms with Crippen molar-refractivity contribution in [1.29, 1.82) is 0 Å². The Labute approximate surface area is 184 Å². The van der Waals surface area contributed by atoms with Crippen molar-refractivity contribution in [3.05, 3.63) is 47.8 Å². The van der Waals surface area contributed by atoms with E-state index < -0.39 is 23.6 Å². The second-order valence-electron chi connectivity index (χ2n) is 8.72. The van der Waals surface area contributed by atoms with Crippen molar-refractivity contribution in [2.45, 2.75) is 57.9 Å². The zero-order chi connectivity index (χ0) is 23.5. The van der Waals surface area contributed by atoms with Crippen LogP contribution in [0.25, 0.3) is 5.69 Å². The van der Waals surface area contributed by atoms with Crippen LogP contribution in [0.2, 0.25) is 0 Å². The minimum Gasteiger partial charge on any atom is -0.444 e. The Morgan fingerprint density at radius 2 is 1.81 bits per heavy atom. The smallest absolute Gasteiger partial charge is 0.435 e. The van der Waals surface area contributed by atoms with Crippen LogP contribution in [0.4, 0.5) is 18.0 Å². The number of rotatable bonds is 4. The Balaban J connectivity index is 1.67. The van der Waals surface area contributed by atoms with Crippen LogP contribution >= 0.6 is 0 Å². The Morgan fingerprint density at radius 3 is 2.41 bits per heavy atom. The van der Waals surface area contributed by atoms with Gasteiger partial charge in [-0.3, -0.25) is 4.79 Å². The van der Waals surface area contributed by atoms with Gasteiger partial charge in [0, 0.05) is 30.9 Å². The van der Waals surface area contributed by atoms with Gasteiger partial charge >= 0.3 is 12.3 Å². The number of benzene rings is 1. The molecular formula is C22H27F3N4O3. The number of hydrogen-bond acceptors (Lipinski definition) is 4. The molecule has 3 rings (SSSR count). The van der Waals surface area contributed by atoms with Crippen LogP contribution in [0.3, 0.4) is 0 Å². The number of halogens is 3. The highest BCUT2D eigenvalue weighted by Crippen LogP contribution is 2.28. The highest BCUT2D eigenvalue weighted by Gasteiger charge is 2.33. The van der Waals surface area contributed by atoms with E-state index in [2.05, 4.69) is 10.4 Å². The molecule has 0 spiro atoms. The molecule has 2 amide bonds. The van der Waals surface area contributed by atoms with Gasteiger partial charge in [-0.1, -0.05) is 0 Å². The predicted octanol–water partition coefficient (Wildman–Crippen LogP) is 4.41. The van der Waals surface area contributed by atoms with Crippen LogP contribution in [0.15, 0.2) is 36.5 Å². The number of carbonyl (C=O) groups is 2. The molecule has 10 heteroatoms. The SMILES string of the molecule is CC(C)(C)OC(=O)NCC1CCCCN1C(=O)c1ccc(-n2ccc(C(F)(F)F)n2)cc1. The maximum atomic E-state index is 13.1. The van der Waals surface area contributed by atoms with E-state index in [1.807, 2.05) is 0 Å². The Hall–Kier alpha value is -3.04. The molecule has 0 saturated carbocycles. The lowest BCUT2D eigenvalue weighted by molar-refractivity contribution is -0.141. The van der Waals surface area contributed by atoms with Crippen LogP contribution in [0.5, 0.6) is 0 Å². The highest BCUT2D eigenvalue weighted by atomic mass is 19.4. The van der Waals surface area contributed by atoms with Gasteiger partial charge in [0.15, 0.2) is 5.69 Å². The summed E-state index contributed by atoms with van der Waals surface area (Å²) in [5.41, 5.74) is -0.755. The van der Waals surface area contributed by atoms with Crippen LogP contribution in [0, 0.1) is 0 Å². The van der Waals surface area contributed by atoms with Gasteiger partial charge in [-0.05, 0) is 70.4 Å². The van der Waals surface area contributed by atoms with E-state index in [1.165, 1.54) is 6.20 Å². The number of carbonyl (C=O) groups excluding carboxylic acids is 2. The first-order valence-electron chi connectivity index (χ1n) is 10.5. The maximum Gasteiger partial charge on any atom is 0.435 e. The van der Waals surface area contributed by atoms with Crippen molar-refractivity contribution in [3.8, 4) is 5.69 Å². The Bertz CT molecular complexity index is 949. The summed E-state index contributed by atoms with van der Waals surface area (Å²) in [4.78, 5) is 26.8. The quantitative estimate of drug-likeness (QED) is 0.746. The summed E-state index contributed by atoms with van der Waals surface area (Å²) in [5, 5.41) is 6.27. The minimum absolute atomic E-state index is 0.163. The van der Waals surface area contributed by atoms with E-state index in [0.717, 1.165) is 30.0 Å². The van der Waals surface area contributed by atoms with Crippen molar-refractivity contribution in [3.63, 3.8) is 0 Å². The van der Waals surface area contributed by atoms with Crippen molar-refractivity contribution in [2.24, 2.45) is 0 Å². The molecule has 1 saturated heterocycles. The van der Waals surface area contributed by atoms with E-state index >= 15 is 0 Å². The topological polar surface area (TPSA) is 76.5 Å². The van der Waals surface area contributed by atoms with Crippen LogP contribution in [0.1, 0.15) is 56.1 Å². The molecule has 1 aromatic carbocycles. The molecule has 0 bridgehead atoms. The number of amides is 2. The molecule has 1 atom stereocenters. The van der Waals surface area contributed by atoms with E-state index in [0.29, 0.717) is 17.8 Å². The number of ether oxygens (including phenoxy) is 1. The van der Waals surface area contributed by atoms with Crippen molar-refractivity contribution < 1.29 is 27.5 Å². The normalized spacial score (nSPS) is 17.2. The fourth-order valence-electron chi connectivity index (χ4n) is 3.54. The average molecular weight is 452 g/mol. The zero-order valence-corrected chi connectivity index (χ0v) is 18.3. The molecule has 32 heavy (non-hydrogen) atoms. The molecule has 0 radical (unpaired) electrons. The fraction of sp³-hybridized carbons (Fsp3) is 0.500. The lowest BCUT2D eigenvalue weighted by Crippen LogP contribution is -2.50. The molecule has 1 aliphatic heterocycles. The number of alkyl halides is 3. The minimum atomic E-state index is -4.52. The summed E-state index contributed by atoms with van der Waals surface area (Å²) in [6.07, 6.45) is -1.25. The second-order valence-corrected chi connectivity index (χ2v) is 8.72. The van der Waals surface area contributed by atoms with E-state index in [4.69, 9.17) is 4.74 Å². The fourth-order valence-corrected chi connectivity index (χ4v) is 3.54. The third-order valence-electron chi connectivity index (χ3n) is 5.03. The predicted molar refractivity (Wildman–Crippen MR) is 111 cm³/mol. The van der Waals surface area contributed by atoms with Crippen LogP contribution < -0.4 is 5.32 Å². The zero-order valence-electron chi connectivity index (χ0n) is 18.3. The third kappa shape index (κ3) is 6.02. The molecule has 2 heterocycles. The number of likely N-dealkylation sites (tertiary alicyclic amines) is 1. The van der Waals surface area contributed by atoms with Crippen molar-refractivity contribution in [1.82, 2.24) is 20.0 Å². The van der Waals surface area contributed by atoms with Gasteiger partial charge in [-0.2, -0.15) is 18.3 Å². The molecule has 2 aromatic rings. The third-order valence-corrected chi connectivity index (χ3v) is 5.03. The molecule has 7 nitrogen and oxygen atoms in total. The number of hydrogen-bond donors (Lipinski definition) is 1. The van der Waals surface area contributed by atoms with Gasteiger partial charge < -0.3 is 15.0 Å². The number of nitrogens with zero attached hydrogens (tertiary/aromatic N) is 3. The van der Waals surface area contributed by atoms with Gasteiger partial charge in [0.2, 0.25) is 0 Å². The molecule has 1 unspecified atom stereocenters. The summed E-state index contributed by atoms with van der Waals surface area (Å²) in [5.74, 6) is -0.191. The largest absolute Gasteiger partial charge is 0.444 e. The van der Waals surface area contributed by atoms with Crippen molar-refractivity contribution in [2.75, 3.05) is 13.1 Å². The monoisotopic (exact) mass is 452 g/mol. The summed E-state index contributed by atoms with van der Waals surface area (Å²) >= 11 is 0. The summed E-state index contributed by atoms with van der Waals surface area (Å²) < 4.78 is 44.7. The van der Waals surface area contributed by atoms with Gasteiger partial charge in [-0.15, -0.1) is 0 Å². The lowest BCUT2D eigenvalue weighted by Gasteiger charge is -2.36. The van der Waals surface area contributed by atoms with E-state index in [9.17, 15) is 22.8 Å². The van der Waals surface area contributed by atoms with Gasteiger partial charge in [0.05, 0.1) is 5.69 Å². The summed E-state index contributed by atoms with van der Waals surface area (Å²) in [6.45, 7) is 6.18. The molecule has 1 fully saturated rings. The van der Waals surface area contributed by atoms with Crippen LogP contribution in [-0.2, 0) is 10.9 Å². The van der Waals surface area contributed by atoms with E-state index in [1.54, 1.807) is 49.9 Å². The van der Waals surface area contributed by atoms with E-state index in [-0.39, 0.29) is 18.5 Å². The average Bonchev–Trinajstić information content (AvgIpc) is 3.22. The molecule has 1 aromatic heterocycles. The number of nitrogens with one attached hydrogen (secondary N) is 1. The van der Waals surface area contributed by atoms with Gasteiger partial charge in [0.1, 0.15) is 5.60 Å². The maximum absolute atomic E-state index is 13.1. The summed E-state index contributed by atoms with van der Waals surface area (Å²) in [6, 6.07) is 6.98. The first-order valence-corrected chi connectivity index (χ1v) is 10.5. The van der Waals surface area contributed by atoms with Crippen molar-refractivity contribution >= 4 is 12.0 Å². The summed E-state index contributed by atoms with van der Waals surface area (Å²) in [7, 11) is 0. The molecular weight excluding hydrogens is 425 g/mol.